The van der Waals surface area contributed by atoms with Crippen molar-refractivity contribution in [3.63, 3.8) is 0 Å². The third kappa shape index (κ3) is 4.03. The maximum atomic E-state index is 12.8. The summed E-state index contributed by atoms with van der Waals surface area (Å²) in [4.78, 5) is 17.1. The highest BCUT2D eigenvalue weighted by atomic mass is 35.5. The summed E-state index contributed by atoms with van der Waals surface area (Å²) in [5.74, 6) is 0. The van der Waals surface area contributed by atoms with E-state index in [1.807, 2.05) is 72.3 Å². The SMILES string of the molecule is COCc1ccc(C(O)(c2ccc3c(c2)c(-c2cccc(Cl)c2)cc(=O)n3C)c2cncn2C)cc1. The molecule has 0 fully saturated rings. The molecule has 6 nitrogen and oxygen atoms in total. The Morgan fingerprint density at radius 2 is 1.75 bits per heavy atom. The van der Waals surface area contributed by atoms with Crippen molar-refractivity contribution >= 4 is 22.5 Å². The summed E-state index contributed by atoms with van der Waals surface area (Å²) < 4.78 is 8.67. The zero-order valence-electron chi connectivity index (χ0n) is 20.3. The number of benzene rings is 3. The molecule has 2 heterocycles. The third-order valence-corrected chi connectivity index (χ3v) is 6.91. The van der Waals surface area contributed by atoms with Crippen LogP contribution in [0.15, 0.2) is 90.1 Å². The second-order valence-corrected chi connectivity index (χ2v) is 9.36. The second-order valence-electron chi connectivity index (χ2n) is 8.93. The van der Waals surface area contributed by atoms with E-state index in [9.17, 15) is 9.90 Å². The Morgan fingerprint density at radius 1 is 1.00 bits per heavy atom. The fraction of sp³-hybridized carbons (Fsp3) is 0.172. The van der Waals surface area contributed by atoms with Gasteiger partial charge in [-0.3, -0.25) is 4.79 Å². The first-order valence-electron chi connectivity index (χ1n) is 11.5. The maximum Gasteiger partial charge on any atom is 0.251 e. The van der Waals surface area contributed by atoms with E-state index in [-0.39, 0.29) is 5.56 Å². The van der Waals surface area contributed by atoms with Gasteiger partial charge in [0.1, 0.15) is 0 Å². The lowest BCUT2D eigenvalue weighted by molar-refractivity contribution is 0.117. The minimum absolute atomic E-state index is 0.124. The summed E-state index contributed by atoms with van der Waals surface area (Å²) in [6.07, 6.45) is 3.34. The number of aromatic nitrogens is 3. The van der Waals surface area contributed by atoms with Gasteiger partial charge >= 0.3 is 0 Å². The van der Waals surface area contributed by atoms with Gasteiger partial charge in [-0.05, 0) is 52.1 Å². The Kier molecular flexibility index (Phi) is 6.26. The van der Waals surface area contributed by atoms with Crippen molar-refractivity contribution in [3.8, 4) is 11.1 Å². The van der Waals surface area contributed by atoms with E-state index in [1.165, 1.54) is 0 Å². The normalized spacial score (nSPS) is 13.1. The van der Waals surface area contributed by atoms with Crippen molar-refractivity contribution in [2.24, 2.45) is 14.1 Å². The van der Waals surface area contributed by atoms with Gasteiger partial charge in [0.25, 0.3) is 5.56 Å². The van der Waals surface area contributed by atoms with E-state index in [4.69, 9.17) is 16.3 Å². The number of methoxy groups -OCH3 is 1. The molecule has 0 saturated heterocycles. The number of halogens is 1. The number of aliphatic hydroxyl groups is 1. The zero-order chi connectivity index (χ0) is 25.4. The van der Waals surface area contributed by atoms with Crippen LogP contribution in [0.25, 0.3) is 22.0 Å². The highest BCUT2D eigenvalue weighted by molar-refractivity contribution is 6.30. The van der Waals surface area contributed by atoms with Gasteiger partial charge in [0, 0.05) is 37.7 Å². The number of imidazole rings is 1. The minimum atomic E-state index is -1.49. The summed E-state index contributed by atoms with van der Waals surface area (Å²) in [7, 11) is 5.25. The van der Waals surface area contributed by atoms with E-state index in [0.29, 0.717) is 28.5 Å². The molecule has 0 saturated carbocycles. The lowest BCUT2D eigenvalue weighted by Gasteiger charge is -2.30. The Morgan fingerprint density at radius 3 is 2.42 bits per heavy atom. The van der Waals surface area contributed by atoms with Gasteiger partial charge in [0.05, 0.1) is 30.3 Å². The molecule has 2 aromatic heterocycles. The Hall–Kier alpha value is -3.71. The number of rotatable bonds is 6. The first-order chi connectivity index (χ1) is 17.3. The summed E-state index contributed by atoms with van der Waals surface area (Å²) in [5.41, 5.74) is 3.69. The van der Waals surface area contributed by atoms with Crippen LogP contribution in [0.2, 0.25) is 5.02 Å². The van der Waals surface area contributed by atoms with Crippen LogP contribution in [0.1, 0.15) is 22.4 Å². The molecule has 5 aromatic rings. The van der Waals surface area contributed by atoms with E-state index in [2.05, 4.69) is 4.98 Å². The summed E-state index contributed by atoms with van der Waals surface area (Å²) in [6.45, 7) is 0.484. The summed E-state index contributed by atoms with van der Waals surface area (Å²) in [5, 5.41) is 13.8. The minimum Gasteiger partial charge on any atom is -0.380 e. The van der Waals surface area contributed by atoms with E-state index < -0.39 is 5.60 Å². The fourth-order valence-electron chi connectivity index (χ4n) is 4.76. The van der Waals surface area contributed by atoms with Gasteiger partial charge in [-0.25, -0.2) is 4.98 Å². The van der Waals surface area contributed by atoms with Crippen LogP contribution in [0.5, 0.6) is 0 Å². The molecular formula is C29H26ClN3O3. The van der Waals surface area contributed by atoms with Gasteiger partial charge < -0.3 is 19.0 Å². The van der Waals surface area contributed by atoms with Crippen molar-refractivity contribution in [3.05, 3.63) is 123 Å². The lowest BCUT2D eigenvalue weighted by Crippen LogP contribution is -2.31. The first-order valence-corrected chi connectivity index (χ1v) is 11.9. The van der Waals surface area contributed by atoms with Gasteiger partial charge in [0.2, 0.25) is 0 Å². The van der Waals surface area contributed by atoms with Crippen molar-refractivity contribution in [2.45, 2.75) is 12.2 Å². The largest absolute Gasteiger partial charge is 0.380 e. The predicted octanol–water partition coefficient (Wildman–Crippen LogP) is 5.02. The molecule has 0 bridgehead atoms. The number of hydrogen-bond acceptors (Lipinski definition) is 4. The molecule has 7 heteroatoms. The monoisotopic (exact) mass is 499 g/mol. The number of ether oxygens (including phenoxy) is 1. The van der Waals surface area contributed by atoms with Crippen LogP contribution in [0.3, 0.4) is 0 Å². The molecule has 0 amide bonds. The molecule has 3 aromatic carbocycles. The van der Waals surface area contributed by atoms with Gasteiger partial charge in [-0.1, -0.05) is 54.1 Å². The topological polar surface area (TPSA) is 69.3 Å². The molecule has 36 heavy (non-hydrogen) atoms. The summed E-state index contributed by atoms with van der Waals surface area (Å²) >= 11 is 6.28. The number of aryl methyl sites for hydroxylation is 2. The molecule has 0 spiro atoms. The smallest absolute Gasteiger partial charge is 0.251 e. The molecule has 1 N–H and O–H groups in total. The number of pyridine rings is 1. The summed E-state index contributed by atoms with van der Waals surface area (Å²) in [6, 6.07) is 22.4. The molecule has 182 valence electrons. The van der Waals surface area contributed by atoms with Crippen molar-refractivity contribution < 1.29 is 9.84 Å². The molecule has 1 unspecified atom stereocenters. The van der Waals surface area contributed by atoms with Crippen LogP contribution in [0.4, 0.5) is 0 Å². The number of hydrogen-bond donors (Lipinski definition) is 1. The molecule has 1 atom stereocenters. The van der Waals surface area contributed by atoms with Crippen LogP contribution >= 0.6 is 11.6 Å². The lowest BCUT2D eigenvalue weighted by atomic mass is 9.82. The van der Waals surface area contributed by atoms with Crippen molar-refractivity contribution in [2.75, 3.05) is 7.11 Å². The molecule has 0 aliphatic rings. The second kappa shape index (κ2) is 9.39. The van der Waals surface area contributed by atoms with Crippen LogP contribution in [-0.2, 0) is 31.0 Å². The average molecular weight is 500 g/mol. The Bertz CT molecular complexity index is 1620. The van der Waals surface area contributed by atoms with Gasteiger partial charge in [0.15, 0.2) is 5.60 Å². The standard InChI is InChI=1S/C29H26ClN3O3/c1-32-18-31-16-27(32)29(35,21-9-7-19(8-10-21)17-36-3)22-11-12-26-25(14-22)24(15-28(34)33(26)2)20-5-4-6-23(30)13-20/h4-16,18,35H,17H2,1-3H3. The zero-order valence-corrected chi connectivity index (χ0v) is 21.0. The number of fused-ring (bicyclic) bond motifs is 1. The van der Waals surface area contributed by atoms with Crippen molar-refractivity contribution in [1.29, 1.82) is 0 Å². The van der Waals surface area contributed by atoms with Crippen molar-refractivity contribution in [1.82, 2.24) is 14.1 Å². The van der Waals surface area contributed by atoms with E-state index >= 15 is 0 Å². The molecule has 0 aliphatic carbocycles. The quantitative estimate of drug-likeness (QED) is 0.356. The molecule has 5 rings (SSSR count). The number of nitrogens with zero attached hydrogens (tertiary/aromatic N) is 3. The predicted molar refractivity (Wildman–Crippen MR) is 142 cm³/mol. The Balaban J connectivity index is 1.79. The first kappa shape index (κ1) is 24.0. The van der Waals surface area contributed by atoms with Crippen LogP contribution in [0, 0.1) is 0 Å². The molecule has 0 aliphatic heterocycles. The van der Waals surface area contributed by atoms with Gasteiger partial charge in [-0.15, -0.1) is 0 Å². The highest BCUT2D eigenvalue weighted by Gasteiger charge is 2.37. The third-order valence-electron chi connectivity index (χ3n) is 6.67. The van der Waals surface area contributed by atoms with E-state index in [0.717, 1.165) is 27.6 Å². The Labute approximate surface area is 214 Å². The van der Waals surface area contributed by atoms with Gasteiger partial charge in [-0.2, -0.15) is 0 Å². The van der Waals surface area contributed by atoms with E-state index in [1.54, 1.807) is 43.4 Å². The maximum absolute atomic E-state index is 12.8. The molecular weight excluding hydrogens is 474 g/mol. The highest BCUT2D eigenvalue weighted by Crippen LogP contribution is 2.39. The average Bonchev–Trinajstić information content (AvgIpc) is 3.32. The molecule has 0 radical (unpaired) electrons. The van der Waals surface area contributed by atoms with Crippen LogP contribution < -0.4 is 5.56 Å². The van der Waals surface area contributed by atoms with Crippen LogP contribution in [-0.4, -0.2) is 26.3 Å². The fourth-order valence-corrected chi connectivity index (χ4v) is 4.95.